The molecule has 9 nitrogen and oxygen atoms in total. The molecule has 0 spiro atoms. The molecule has 0 aliphatic rings. The van der Waals surface area contributed by atoms with Crippen LogP contribution in [0.3, 0.4) is 0 Å². The minimum Gasteiger partial charge on any atom is -0.382 e. The van der Waals surface area contributed by atoms with Crippen molar-refractivity contribution in [1.82, 2.24) is 15.8 Å². The van der Waals surface area contributed by atoms with E-state index >= 15 is 0 Å². The van der Waals surface area contributed by atoms with Gasteiger partial charge in [-0.25, -0.2) is 10.5 Å². The first-order chi connectivity index (χ1) is 12.9. The third-order valence-electron chi connectivity index (χ3n) is 3.94. The number of rotatable bonds is 8. The van der Waals surface area contributed by atoms with Gasteiger partial charge in [0, 0.05) is 0 Å². The van der Waals surface area contributed by atoms with Gasteiger partial charge in [0.25, 0.3) is 5.91 Å². The number of aliphatic hydroxyl groups excluding tert-OH is 1. The van der Waals surface area contributed by atoms with Gasteiger partial charge in [0.05, 0.1) is 15.9 Å². The van der Waals surface area contributed by atoms with Crippen LogP contribution in [0.25, 0.3) is 0 Å². The molecule has 0 radical (unpaired) electrons. The highest BCUT2D eigenvalue weighted by Gasteiger charge is 2.38. The fourth-order valence-corrected chi connectivity index (χ4v) is 3.66. The molecule has 1 rings (SSSR count). The van der Waals surface area contributed by atoms with E-state index in [4.69, 9.17) is 5.21 Å². The number of hydroxylamine groups is 1. The molecule has 0 fully saturated rings. The second-order valence-electron chi connectivity index (χ2n) is 7.92. The number of nitrogens with zero attached hydrogens (tertiary/aromatic N) is 1. The summed E-state index contributed by atoms with van der Waals surface area (Å²) in [6, 6.07) is -0.943. The van der Waals surface area contributed by atoms with E-state index in [1.54, 1.807) is 27.0 Å². The van der Waals surface area contributed by atoms with Crippen LogP contribution in [-0.4, -0.2) is 45.2 Å². The molecule has 3 atom stereocenters. The maximum Gasteiger partial charge on any atom is 0.272 e. The maximum absolute atomic E-state index is 12.8. The Balaban J connectivity index is 3.02. The number of carbonyl (C=O) groups excluding carboxylic acids is 3. The van der Waals surface area contributed by atoms with Gasteiger partial charge in [-0.1, -0.05) is 46.0 Å². The van der Waals surface area contributed by atoms with E-state index in [0.29, 0.717) is 5.13 Å². The van der Waals surface area contributed by atoms with Crippen molar-refractivity contribution in [1.29, 1.82) is 0 Å². The van der Waals surface area contributed by atoms with Crippen LogP contribution >= 0.6 is 27.3 Å². The number of aliphatic hydroxyl groups is 1. The van der Waals surface area contributed by atoms with Gasteiger partial charge >= 0.3 is 0 Å². The number of hydrogen-bond acceptors (Lipinski definition) is 7. The lowest BCUT2D eigenvalue weighted by Crippen LogP contribution is -2.55. The average Bonchev–Trinajstić information content (AvgIpc) is 2.99. The molecule has 0 saturated heterocycles. The van der Waals surface area contributed by atoms with Crippen LogP contribution in [0.2, 0.25) is 0 Å². The van der Waals surface area contributed by atoms with Crippen LogP contribution in [0.5, 0.6) is 0 Å². The molecular weight excluding hydrogens is 452 g/mol. The van der Waals surface area contributed by atoms with Crippen molar-refractivity contribution < 1.29 is 24.7 Å². The number of thiazole rings is 1. The Hall–Kier alpha value is -1.56. The van der Waals surface area contributed by atoms with E-state index in [2.05, 4.69) is 31.5 Å². The molecule has 0 saturated carbocycles. The Kier molecular flexibility index (Phi) is 8.99. The molecule has 1 unspecified atom stereocenters. The van der Waals surface area contributed by atoms with Crippen LogP contribution in [0.1, 0.15) is 41.0 Å². The Morgan fingerprint density at radius 3 is 2.25 bits per heavy atom. The molecule has 0 aliphatic carbocycles. The molecule has 0 aliphatic heterocycles. The van der Waals surface area contributed by atoms with Gasteiger partial charge in [0.1, 0.15) is 12.1 Å². The Morgan fingerprint density at radius 1 is 1.21 bits per heavy atom. The summed E-state index contributed by atoms with van der Waals surface area (Å²) >= 11 is 4.50. The van der Waals surface area contributed by atoms with Gasteiger partial charge in [0.15, 0.2) is 5.13 Å². The summed E-state index contributed by atoms with van der Waals surface area (Å²) in [4.78, 5) is 41.2. The molecule has 1 heterocycles. The highest BCUT2D eigenvalue weighted by atomic mass is 79.9. The summed E-state index contributed by atoms with van der Waals surface area (Å²) in [5.74, 6) is -3.33. The fourth-order valence-electron chi connectivity index (χ4n) is 2.55. The minimum absolute atomic E-state index is 0.00789. The zero-order valence-corrected chi connectivity index (χ0v) is 18.8. The van der Waals surface area contributed by atoms with Crippen molar-refractivity contribution in [3.63, 3.8) is 0 Å². The zero-order valence-electron chi connectivity index (χ0n) is 16.4. The molecule has 158 valence electrons. The van der Waals surface area contributed by atoms with Crippen LogP contribution in [0.15, 0.2) is 9.98 Å². The SMILES string of the molecule is CC(C)C[C@@H](C(=O)NC(C(=O)Nc1ncc(Br)s1)C(C)(C)C)[C@H](O)C(=O)NO. The predicted molar refractivity (Wildman–Crippen MR) is 109 cm³/mol. The van der Waals surface area contributed by atoms with Gasteiger partial charge in [-0.3, -0.25) is 19.6 Å². The lowest BCUT2D eigenvalue weighted by Gasteiger charge is -2.32. The van der Waals surface area contributed by atoms with Crippen molar-refractivity contribution in [2.45, 2.75) is 53.2 Å². The van der Waals surface area contributed by atoms with E-state index in [1.807, 2.05) is 13.8 Å². The molecule has 28 heavy (non-hydrogen) atoms. The van der Waals surface area contributed by atoms with Gasteiger partial charge in [-0.05, 0) is 33.7 Å². The standard InChI is InChI=1S/C17H27BrN4O5S/c1-8(2)6-9(11(23)14(25)22-27)13(24)20-12(17(3,4)5)15(26)21-16-19-7-10(18)28-16/h7-9,11-12,23,27H,6H2,1-5H3,(H,20,24)(H,22,25)(H,19,21,26)/t9-,11+,12?/m1/s1. The predicted octanol–water partition coefficient (Wildman–Crippen LogP) is 1.90. The number of carbonyl (C=O) groups is 3. The van der Waals surface area contributed by atoms with Crippen molar-refractivity contribution in [2.75, 3.05) is 5.32 Å². The molecular formula is C17H27BrN4O5S. The maximum atomic E-state index is 12.8. The monoisotopic (exact) mass is 478 g/mol. The molecule has 11 heteroatoms. The van der Waals surface area contributed by atoms with E-state index in [0.717, 1.165) is 3.79 Å². The number of amides is 3. The number of halogens is 1. The van der Waals surface area contributed by atoms with E-state index < -0.39 is 41.2 Å². The first-order valence-electron chi connectivity index (χ1n) is 8.71. The smallest absolute Gasteiger partial charge is 0.272 e. The first-order valence-corrected chi connectivity index (χ1v) is 10.3. The Morgan fingerprint density at radius 2 is 1.82 bits per heavy atom. The number of aromatic nitrogens is 1. The largest absolute Gasteiger partial charge is 0.382 e. The molecule has 1 aromatic heterocycles. The van der Waals surface area contributed by atoms with Crippen LogP contribution in [-0.2, 0) is 14.4 Å². The number of hydrogen-bond donors (Lipinski definition) is 5. The zero-order chi connectivity index (χ0) is 21.6. The normalized spacial score (nSPS) is 14.9. The molecule has 0 aromatic carbocycles. The summed E-state index contributed by atoms with van der Waals surface area (Å²) in [5, 5.41) is 24.6. The minimum atomic E-state index is -1.74. The van der Waals surface area contributed by atoms with Gasteiger partial charge < -0.3 is 15.7 Å². The van der Waals surface area contributed by atoms with Crippen LogP contribution in [0.4, 0.5) is 5.13 Å². The second kappa shape index (κ2) is 10.3. The average molecular weight is 479 g/mol. The highest BCUT2D eigenvalue weighted by Crippen LogP contribution is 2.26. The van der Waals surface area contributed by atoms with Gasteiger partial charge in [-0.2, -0.15) is 0 Å². The number of nitrogens with one attached hydrogen (secondary N) is 3. The summed E-state index contributed by atoms with van der Waals surface area (Å²) in [5.41, 5.74) is 0.703. The van der Waals surface area contributed by atoms with E-state index in [-0.39, 0.29) is 12.3 Å². The number of anilines is 1. The quantitative estimate of drug-likeness (QED) is 0.285. The highest BCUT2D eigenvalue weighted by molar-refractivity contribution is 9.11. The van der Waals surface area contributed by atoms with E-state index in [9.17, 15) is 19.5 Å². The lowest BCUT2D eigenvalue weighted by molar-refractivity contribution is -0.147. The van der Waals surface area contributed by atoms with Crippen LogP contribution < -0.4 is 16.1 Å². The fraction of sp³-hybridized carbons (Fsp3) is 0.647. The Labute approximate surface area is 176 Å². The second-order valence-corrected chi connectivity index (χ2v) is 10.3. The van der Waals surface area contributed by atoms with Crippen molar-refractivity contribution in [3.05, 3.63) is 9.98 Å². The molecule has 5 N–H and O–H groups in total. The summed E-state index contributed by atoms with van der Waals surface area (Å²) < 4.78 is 0.745. The Bertz CT molecular complexity index is 704. The van der Waals surface area contributed by atoms with E-state index in [1.165, 1.54) is 16.8 Å². The van der Waals surface area contributed by atoms with Gasteiger partial charge in [0.2, 0.25) is 11.8 Å². The topological polar surface area (TPSA) is 141 Å². The molecule has 0 bridgehead atoms. The summed E-state index contributed by atoms with van der Waals surface area (Å²) in [6.07, 6.45) is -0.00257. The molecule has 1 aromatic rings. The first kappa shape index (κ1) is 24.5. The van der Waals surface area contributed by atoms with Crippen molar-refractivity contribution in [3.8, 4) is 0 Å². The summed E-state index contributed by atoms with van der Waals surface area (Å²) in [6.45, 7) is 9.01. The lowest BCUT2D eigenvalue weighted by atomic mass is 9.84. The van der Waals surface area contributed by atoms with Crippen molar-refractivity contribution >= 4 is 50.1 Å². The van der Waals surface area contributed by atoms with Crippen molar-refractivity contribution in [2.24, 2.45) is 17.3 Å². The third kappa shape index (κ3) is 7.12. The summed E-state index contributed by atoms with van der Waals surface area (Å²) in [7, 11) is 0. The molecule has 3 amide bonds. The van der Waals surface area contributed by atoms with Gasteiger partial charge in [-0.15, -0.1) is 0 Å². The van der Waals surface area contributed by atoms with Crippen LogP contribution in [0, 0.1) is 17.3 Å². The third-order valence-corrected chi connectivity index (χ3v) is 5.34.